The molecule has 2 heterocycles. The van der Waals surface area contributed by atoms with Gasteiger partial charge in [-0.25, -0.2) is 0 Å². The summed E-state index contributed by atoms with van der Waals surface area (Å²) in [4.78, 5) is 0. The lowest BCUT2D eigenvalue weighted by molar-refractivity contribution is 0.306. The Labute approximate surface area is 363 Å². The Kier molecular flexibility index (Phi) is 11.1. The molecule has 0 spiro atoms. The third kappa shape index (κ3) is 8.63. The monoisotopic (exact) mass is 806 g/mol. The van der Waals surface area contributed by atoms with E-state index in [0.29, 0.717) is 13.2 Å². The standard InChI is InChI=1S/C56H46N4O2/c1-5-13-45(14-6-1)53-37-55(59(57-53)49-17-9-3-10-18-49)47-29-33-51(34-30-47)61-39-41-21-25-43(26-22-41)44-27-23-42(24-28-44)40-62-52-35-31-48(32-36-52)56-38-54(46-15-7-2-8-16-46)58-60(56)50-19-11-4-12-20-50/h1-36,55-56H,37-40H2/t55-,56+. The summed E-state index contributed by atoms with van der Waals surface area (Å²) in [5.74, 6) is 1.69. The number of rotatable bonds is 13. The van der Waals surface area contributed by atoms with Crippen LogP contribution in [0.1, 0.15) is 58.3 Å². The Morgan fingerprint density at radius 1 is 0.355 bits per heavy atom. The number of anilines is 2. The molecule has 0 fully saturated rings. The van der Waals surface area contributed by atoms with Gasteiger partial charge >= 0.3 is 0 Å². The van der Waals surface area contributed by atoms with Crippen LogP contribution in [0, 0.1) is 0 Å². The van der Waals surface area contributed by atoms with Crippen LogP contribution in [-0.2, 0) is 13.2 Å². The molecule has 0 saturated carbocycles. The second-order valence-electron chi connectivity index (χ2n) is 15.7. The molecule has 0 bridgehead atoms. The largest absolute Gasteiger partial charge is 0.489 e. The van der Waals surface area contributed by atoms with Crippen molar-refractivity contribution < 1.29 is 9.47 Å². The Hall–Kier alpha value is -7.70. The molecular weight excluding hydrogens is 761 g/mol. The van der Waals surface area contributed by atoms with Crippen molar-refractivity contribution >= 4 is 22.8 Å². The third-order valence-electron chi connectivity index (χ3n) is 11.7. The van der Waals surface area contributed by atoms with Crippen molar-refractivity contribution in [3.8, 4) is 22.6 Å². The summed E-state index contributed by atoms with van der Waals surface area (Å²) in [5.41, 5.74) is 13.6. The molecule has 8 aromatic rings. The summed E-state index contributed by atoms with van der Waals surface area (Å²) in [6.07, 6.45) is 1.67. The van der Waals surface area contributed by atoms with E-state index in [1.54, 1.807) is 0 Å². The first kappa shape index (κ1) is 38.5. The number of benzene rings is 8. The quantitative estimate of drug-likeness (QED) is 0.116. The molecule has 2 atom stereocenters. The number of hydrogen-bond acceptors (Lipinski definition) is 6. The fourth-order valence-electron chi connectivity index (χ4n) is 8.28. The first-order valence-corrected chi connectivity index (χ1v) is 21.3. The van der Waals surface area contributed by atoms with E-state index in [0.717, 1.165) is 80.5 Å². The lowest BCUT2D eigenvalue weighted by Crippen LogP contribution is -2.18. The number of hydrogen-bond donors (Lipinski definition) is 0. The van der Waals surface area contributed by atoms with Crippen LogP contribution in [0.2, 0.25) is 0 Å². The van der Waals surface area contributed by atoms with Crippen molar-refractivity contribution in [3.63, 3.8) is 0 Å². The second-order valence-corrected chi connectivity index (χ2v) is 15.7. The smallest absolute Gasteiger partial charge is 0.119 e. The van der Waals surface area contributed by atoms with Gasteiger partial charge in [0.1, 0.15) is 24.7 Å². The molecule has 10 rings (SSSR count). The maximum Gasteiger partial charge on any atom is 0.119 e. The average Bonchev–Trinajstić information content (AvgIpc) is 4.01. The van der Waals surface area contributed by atoms with E-state index in [4.69, 9.17) is 19.7 Å². The molecule has 2 aliphatic rings. The summed E-state index contributed by atoms with van der Waals surface area (Å²) < 4.78 is 12.5. The van der Waals surface area contributed by atoms with Crippen molar-refractivity contribution in [2.24, 2.45) is 10.2 Å². The first-order chi connectivity index (χ1) is 30.7. The molecule has 0 N–H and O–H groups in total. The first-order valence-electron chi connectivity index (χ1n) is 21.3. The van der Waals surface area contributed by atoms with Gasteiger partial charge in [0.15, 0.2) is 0 Å². The minimum absolute atomic E-state index is 0.105. The molecule has 6 heteroatoms. The van der Waals surface area contributed by atoms with Gasteiger partial charge in [-0.15, -0.1) is 0 Å². The molecule has 2 aliphatic heterocycles. The van der Waals surface area contributed by atoms with Crippen LogP contribution in [0.4, 0.5) is 11.4 Å². The summed E-state index contributed by atoms with van der Waals surface area (Å²) >= 11 is 0. The molecule has 6 nitrogen and oxygen atoms in total. The summed E-state index contributed by atoms with van der Waals surface area (Å²) in [6.45, 7) is 0.984. The molecule has 0 aromatic heterocycles. The predicted octanol–water partition coefficient (Wildman–Crippen LogP) is 13.2. The van der Waals surface area contributed by atoms with Gasteiger partial charge in [-0.2, -0.15) is 10.2 Å². The van der Waals surface area contributed by atoms with Crippen LogP contribution in [0.5, 0.6) is 11.5 Å². The molecule has 0 amide bonds. The Morgan fingerprint density at radius 3 is 1.05 bits per heavy atom. The molecule has 0 radical (unpaired) electrons. The van der Waals surface area contributed by atoms with Gasteiger partial charge in [0.2, 0.25) is 0 Å². The molecule has 0 aliphatic carbocycles. The van der Waals surface area contributed by atoms with E-state index >= 15 is 0 Å². The molecule has 0 saturated heterocycles. The van der Waals surface area contributed by atoms with Crippen LogP contribution < -0.4 is 19.5 Å². The van der Waals surface area contributed by atoms with E-state index in [1.165, 1.54) is 11.1 Å². The normalized spacial score (nSPS) is 15.9. The highest BCUT2D eigenvalue weighted by Gasteiger charge is 2.31. The van der Waals surface area contributed by atoms with Gasteiger partial charge in [-0.3, -0.25) is 10.0 Å². The predicted molar refractivity (Wildman–Crippen MR) is 252 cm³/mol. The topological polar surface area (TPSA) is 49.7 Å². The Bertz CT molecular complexity index is 2560. The fourth-order valence-corrected chi connectivity index (χ4v) is 8.28. The van der Waals surface area contributed by atoms with Crippen LogP contribution in [-0.4, -0.2) is 11.4 Å². The minimum Gasteiger partial charge on any atom is -0.489 e. The highest BCUT2D eigenvalue weighted by Crippen LogP contribution is 2.39. The Morgan fingerprint density at radius 2 is 0.694 bits per heavy atom. The van der Waals surface area contributed by atoms with Crippen molar-refractivity contribution in [1.82, 2.24) is 0 Å². The van der Waals surface area contributed by atoms with Crippen molar-refractivity contribution in [1.29, 1.82) is 0 Å². The maximum atomic E-state index is 6.25. The molecule has 302 valence electrons. The number of para-hydroxylation sites is 2. The van der Waals surface area contributed by atoms with Crippen LogP contribution in [0.3, 0.4) is 0 Å². The van der Waals surface area contributed by atoms with Crippen molar-refractivity contribution in [2.75, 3.05) is 10.0 Å². The molecule has 8 aromatic carbocycles. The van der Waals surface area contributed by atoms with Crippen LogP contribution in [0.15, 0.2) is 229 Å². The van der Waals surface area contributed by atoms with E-state index in [9.17, 15) is 0 Å². The van der Waals surface area contributed by atoms with Crippen LogP contribution in [0.25, 0.3) is 11.1 Å². The maximum absolute atomic E-state index is 6.25. The van der Waals surface area contributed by atoms with Crippen molar-refractivity contribution in [3.05, 3.63) is 252 Å². The zero-order chi connectivity index (χ0) is 41.5. The Balaban J connectivity index is 0.727. The summed E-state index contributed by atoms with van der Waals surface area (Å²) in [5, 5.41) is 14.4. The number of ether oxygens (including phenoxy) is 2. The average molecular weight is 807 g/mol. The zero-order valence-electron chi connectivity index (χ0n) is 34.4. The molecule has 62 heavy (non-hydrogen) atoms. The van der Waals surface area contributed by atoms with E-state index < -0.39 is 0 Å². The van der Waals surface area contributed by atoms with Gasteiger partial charge in [-0.1, -0.05) is 170 Å². The fraction of sp³-hybridized carbons (Fsp3) is 0.107. The van der Waals surface area contributed by atoms with Crippen LogP contribution >= 0.6 is 0 Å². The van der Waals surface area contributed by atoms with Gasteiger partial charge < -0.3 is 9.47 Å². The molecule has 0 unspecified atom stereocenters. The lowest BCUT2D eigenvalue weighted by Gasteiger charge is -2.24. The third-order valence-corrected chi connectivity index (χ3v) is 11.7. The van der Waals surface area contributed by atoms with E-state index in [1.807, 2.05) is 24.3 Å². The number of hydrazone groups is 2. The minimum atomic E-state index is 0.105. The number of nitrogens with zero attached hydrogens (tertiary/aromatic N) is 4. The summed E-state index contributed by atoms with van der Waals surface area (Å²) in [7, 11) is 0. The van der Waals surface area contributed by atoms with E-state index in [2.05, 4.69) is 204 Å². The van der Waals surface area contributed by atoms with Gasteiger partial charge in [0.05, 0.1) is 34.9 Å². The molecular formula is C56H46N4O2. The highest BCUT2D eigenvalue weighted by atomic mass is 16.5. The van der Waals surface area contributed by atoms with Crippen molar-refractivity contribution in [2.45, 2.75) is 38.1 Å². The van der Waals surface area contributed by atoms with Gasteiger partial charge in [0.25, 0.3) is 0 Å². The van der Waals surface area contributed by atoms with E-state index in [-0.39, 0.29) is 12.1 Å². The second kappa shape index (κ2) is 17.9. The van der Waals surface area contributed by atoms with Gasteiger partial charge in [-0.05, 0) is 93.0 Å². The van der Waals surface area contributed by atoms with Gasteiger partial charge in [0, 0.05) is 12.8 Å². The zero-order valence-corrected chi connectivity index (χ0v) is 34.4. The summed E-state index contributed by atoms with van der Waals surface area (Å²) in [6, 6.07) is 76.1. The lowest BCUT2D eigenvalue weighted by atomic mass is 9.98. The highest BCUT2D eigenvalue weighted by molar-refractivity contribution is 6.04. The SMILES string of the molecule is c1ccc(C2=NN(c3ccccc3)[C@@H](c3ccc(OCc4ccc(-c5ccc(COc6ccc([C@@H]7CC(c8ccccc8)=NN7c7ccccc7)cc6)cc5)cc4)cc3)C2)cc1.